The first-order valence-corrected chi connectivity index (χ1v) is 8.90. The number of likely N-dealkylation sites (tertiary alicyclic amines) is 1. The van der Waals surface area contributed by atoms with E-state index in [1.807, 2.05) is 30.3 Å². The third-order valence-corrected chi connectivity index (χ3v) is 4.85. The second kappa shape index (κ2) is 8.32. The highest BCUT2D eigenvalue weighted by atomic mass is 32.2. The summed E-state index contributed by atoms with van der Waals surface area (Å²) in [6.07, 6.45) is 3.51. The smallest absolute Gasteiger partial charge is 0.233 e. The van der Waals surface area contributed by atoms with Gasteiger partial charge in [-0.2, -0.15) is 0 Å². The molecule has 1 aromatic carbocycles. The van der Waals surface area contributed by atoms with Gasteiger partial charge in [0.2, 0.25) is 5.91 Å². The number of rotatable bonds is 6. The molecule has 1 aromatic rings. The van der Waals surface area contributed by atoms with E-state index in [2.05, 4.69) is 18.7 Å². The zero-order valence-corrected chi connectivity index (χ0v) is 13.8. The van der Waals surface area contributed by atoms with Crippen molar-refractivity contribution in [1.29, 1.82) is 0 Å². The van der Waals surface area contributed by atoms with Crippen molar-refractivity contribution >= 4 is 17.7 Å². The molecule has 3 nitrogen and oxygen atoms in total. The second-order valence-corrected chi connectivity index (χ2v) is 6.75. The molecule has 21 heavy (non-hydrogen) atoms. The van der Waals surface area contributed by atoms with E-state index in [1.165, 1.54) is 6.42 Å². The molecule has 2 unspecified atom stereocenters. The summed E-state index contributed by atoms with van der Waals surface area (Å²) in [4.78, 5) is 14.4. The molecule has 0 aliphatic carbocycles. The fourth-order valence-electron chi connectivity index (χ4n) is 2.88. The fraction of sp³-hybridized carbons (Fsp3) is 0.588. The molecule has 1 fully saturated rings. The number of hydrogen-bond acceptors (Lipinski definition) is 3. The Hall–Kier alpha value is -1.16. The van der Waals surface area contributed by atoms with Crippen molar-refractivity contribution in [2.24, 2.45) is 0 Å². The third-order valence-electron chi connectivity index (χ3n) is 3.95. The Morgan fingerprint density at radius 3 is 2.57 bits per heavy atom. The van der Waals surface area contributed by atoms with Gasteiger partial charge in [-0.15, -0.1) is 11.8 Å². The molecule has 2 atom stereocenters. The van der Waals surface area contributed by atoms with Crippen LogP contribution in [0.4, 0.5) is 0 Å². The Bertz CT molecular complexity index is 428. The molecular weight excluding hydrogens is 282 g/mol. The van der Waals surface area contributed by atoms with Gasteiger partial charge in [-0.1, -0.05) is 18.2 Å². The van der Waals surface area contributed by atoms with E-state index in [0.29, 0.717) is 24.4 Å². The summed E-state index contributed by atoms with van der Waals surface area (Å²) in [5, 5.41) is 0. The molecule has 1 amide bonds. The number of piperidine rings is 1. The lowest BCUT2D eigenvalue weighted by molar-refractivity contribution is -0.134. The maximum atomic E-state index is 12.3. The van der Waals surface area contributed by atoms with Gasteiger partial charge in [0.05, 0.1) is 12.4 Å². The Morgan fingerprint density at radius 2 is 1.90 bits per heavy atom. The van der Waals surface area contributed by atoms with E-state index in [4.69, 9.17) is 4.74 Å². The number of nitrogens with zero attached hydrogens (tertiary/aromatic N) is 1. The highest BCUT2D eigenvalue weighted by Gasteiger charge is 2.28. The third kappa shape index (κ3) is 4.95. The van der Waals surface area contributed by atoms with Crippen LogP contribution in [-0.2, 0) is 4.79 Å². The lowest BCUT2D eigenvalue weighted by Crippen LogP contribution is -2.48. The van der Waals surface area contributed by atoms with Crippen molar-refractivity contribution in [3.63, 3.8) is 0 Å². The molecule has 1 aliphatic heterocycles. The Kier molecular flexibility index (Phi) is 6.43. The van der Waals surface area contributed by atoms with Gasteiger partial charge >= 0.3 is 0 Å². The van der Waals surface area contributed by atoms with E-state index in [9.17, 15) is 4.79 Å². The minimum atomic E-state index is 0.277. The molecule has 0 N–H and O–H groups in total. The number of thioether (sulfide) groups is 1. The van der Waals surface area contributed by atoms with Crippen molar-refractivity contribution in [2.45, 2.75) is 45.2 Å². The molecule has 1 saturated heterocycles. The van der Waals surface area contributed by atoms with Gasteiger partial charge in [0, 0.05) is 17.8 Å². The Balaban J connectivity index is 1.65. The molecule has 1 aliphatic rings. The summed E-state index contributed by atoms with van der Waals surface area (Å²) in [7, 11) is 0. The van der Waals surface area contributed by atoms with Gasteiger partial charge in [-0.25, -0.2) is 0 Å². The van der Waals surface area contributed by atoms with E-state index >= 15 is 0 Å². The van der Waals surface area contributed by atoms with Crippen LogP contribution in [0, 0.1) is 0 Å². The minimum absolute atomic E-state index is 0.277. The number of para-hydroxylation sites is 1. The molecule has 2 rings (SSSR count). The van der Waals surface area contributed by atoms with Crippen LogP contribution in [0.5, 0.6) is 5.75 Å². The van der Waals surface area contributed by atoms with Crippen molar-refractivity contribution in [3.05, 3.63) is 30.3 Å². The van der Waals surface area contributed by atoms with E-state index < -0.39 is 0 Å². The van der Waals surface area contributed by atoms with Gasteiger partial charge in [0.1, 0.15) is 5.75 Å². The summed E-state index contributed by atoms with van der Waals surface area (Å²) < 4.78 is 5.63. The van der Waals surface area contributed by atoms with Crippen LogP contribution in [-0.4, -0.2) is 41.0 Å². The van der Waals surface area contributed by atoms with Gasteiger partial charge < -0.3 is 9.64 Å². The van der Waals surface area contributed by atoms with E-state index in [-0.39, 0.29) is 5.91 Å². The zero-order chi connectivity index (χ0) is 15.1. The molecule has 0 aromatic heterocycles. The van der Waals surface area contributed by atoms with E-state index in [1.54, 1.807) is 11.8 Å². The van der Waals surface area contributed by atoms with Gasteiger partial charge in [-0.3, -0.25) is 4.79 Å². The summed E-state index contributed by atoms with van der Waals surface area (Å²) in [5.74, 6) is 2.58. The number of benzene rings is 1. The van der Waals surface area contributed by atoms with E-state index in [0.717, 1.165) is 24.3 Å². The van der Waals surface area contributed by atoms with Crippen LogP contribution in [0.25, 0.3) is 0 Å². The average molecular weight is 307 g/mol. The van der Waals surface area contributed by atoms with Crippen molar-refractivity contribution in [1.82, 2.24) is 4.90 Å². The summed E-state index contributed by atoms with van der Waals surface area (Å²) in [5.41, 5.74) is 0. The maximum absolute atomic E-state index is 12.3. The second-order valence-electron chi connectivity index (χ2n) is 5.64. The molecule has 4 heteroatoms. The zero-order valence-electron chi connectivity index (χ0n) is 13.0. The van der Waals surface area contributed by atoms with Crippen LogP contribution in [0.15, 0.2) is 30.3 Å². The molecule has 1 heterocycles. The van der Waals surface area contributed by atoms with Crippen LogP contribution in [0.1, 0.15) is 33.1 Å². The fourth-order valence-corrected chi connectivity index (χ4v) is 3.55. The first-order valence-electron chi connectivity index (χ1n) is 7.75. The summed E-state index contributed by atoms with van der Waals surface area (Å²) in [6.45, 7) is 4.97. The lowest BCUT2D eigenvalue weighted by atomic mass is 9.98. The largest absolute Gasteiger partial charge is 0.493 e. The van der Waals surface area contributed by atoms with Crippen LogP contribution < -0.4 is 4.74 Å². The first-order chi connectivity index (χ1) is 10.2. The monoisotopic (exact) mass is 307 g/mol. The number of ether oxygens (including phenoxy) is 1. The molecule has 0 spiro atoms. The number of hydrogen-bond donors (Lipinski definition) is 0. The SMILES string of the molecule is CC1CCCC(C)N1C(=O)CSCCOc1ccccc1. The van der Waals surface area contributed by atoms with Crippen LogP contribution >= 0.6 is 11.8 Å². The van der Waals surface area contributed by atoms with Crippen molar-refractivity contribution < 1.29 is 9.53 Å². The topological polar surface area (TPSA) is 29.5 Å². The standard InChI is InChI=1S/C17H25NO2S/c1-14-7-6-8-15(2)18(14)17(19)13-21-12-11-20-16-9-4-3-5-10-16/h3-5,9-10,14-15H,6-8,11-13H2,1-2H3. The number of carbonyl (C=O) groups excluding carboxylic acids is 1. The summed E-state index contributed by atoms with van der Waals surface area (Å²) >= 11 is 1.66. The molecule has 116 valence electrons. The molecule has 0 saturated carbocycles. The predicted octanol–water partition coefficient (Wildman–Crippen LogP) is 3.59. The van der Waals surface area contributed by atoms with Gasteiger partial charge in [0.25, 0.3) is 0 Å². The molecule has 0 radical (unpaired) electrons. The number of carbonyl (C=O) groups is 1. The maximum Gasteiger partial charge on any atom is 0.233 e. The predicted molar refractivity (Wildman–Crippen MR) is 88.9 cm³/mol. The average Bonchev–Trinajstić information content (AvgIpc) is 2.48. The molecular formula is C17H25NO2S. The minimum Gasteiger partial charge on any atom is -0.493 e. The van der Waals surface area contributed by atoms with Crippen molar-refractivity contribution in [3.8, 4) is 5.75 Å². The first kappa shape index (κ1) is 16.2. The molecule has 0 bridgehead atoms. The Morgan fingerprint density at radius 1 is 1.24 bits per heavy atom. The van der Waals surface area contributed by atoms with Crippen LogP contribution in [0.2, 0.25) is 0 Å². The van der Waals surface area contributed by atoms with Crippen molar-refractivity contribution in [2.75, 3.05) is 18.1 Å². The van der Waals surface area contributed by atoms with Gasteiger partial charge in [0.15, 0.2) is 0 Å². The lowest BCUT2D eigenvalue weighted by Gasteiger charge is -2.39. The normalized spacial score (nSPS) is 22.1. The number of amides is 1. The summed E-state index contributed by atoms with van der Waals surface area (Å²) in [6, 6.07) is 10.6. The highest BCUT2D eigenvalue weighted by Crippen LogP contribution is 2.23. The van der Waals surface area contributed by atoms with Gasteiger partial charge in [-0.05, 0) is 45.2 Å². The highest BCUT2D eigenvalue weighted by molar-refractivity contribution is 7.99. The quantitative estimate of drug-likeness (QED) is 0.752. The van der Waals surface area contributed by atoms with Crippen LogP contribution in [0.3, 0.4) is 0 Å². The Labute approximate surface area is 132 Å².